The number of carbonyl (C=O) groups excluding carboxylic acids is 1. The van der Waals surface area contributed by atoms with Crippen molar-refractivity contribution in [2.45, 2.75) is 26.3 Å². The molecule has 0 aromatic heterocycles. The minimum Gasteiger partial charge on any atom is -0.486 e. The quantitative estimate of drug-likeness (QED) is 0.829. The first kappa shape index (κ1) is 12.9. The Hall–Kier alpha value is -1.55. The van der Waals surface area contributed by atoms with E-state index in [1.807, 2.05) is 13.8 Å². The van der Waals surface area contributed by atoms with Gasteiger partial charge in [0, 0.05) is 5.56 Å². The second-order valence-electron chi connectivity index (χ2n) is 4.63. The molecule has 2 unspecified atom stereocenters. The van der Waals surface area contributed by atoms with Gasteiger partial charge in [0.05, 0.1) is 6.04 Å². The molecule has 1 aliphatic rings. The lowest BCUT2D eigenvalue weighted by Crippen LogP contribution is -2.36. The molecule has 0 aliphatic carbocycles. The monoisotopic (exact) mass is 249 g/mol. The van der Waals surface area contributed by atoms with Crippen LogP contribution in [0.5, 0.6) is 11.5 Å². The van der Waals surface area contributed by atoms with Crippen molar-refractivity contribution >= 4 is 5.78 Å². The van der Waals surface area contributed by atoms with E-state index in [1.165, 1.54) is 0 Å². The Morgan fingerprint density at radius 2 is 2.00 bits per heavy atom. The number of hydrogen-bond donors (Lipinski definition) is 1. The van der Waals surface area contributed by atoms with Crippen LogP contribution in [-0.2, 0) is 0 Å². The first-order chi connectivity index (χ1) is 8.63. The lowest BCUT2D eigenvalue weighted by Gasteiger charge is -2.20. The molecule has 2 atom stereocenters. The van der Waals surface area contributed by atoms with Gasteiger partial charge in [0.2, 0.25) is 0 Å². The molecule has 0 fully saturated rings. The number of rotatable bonds is 4. The van der Waals surface area contributed by atoms with E-state index in [0.717, 1.165) is 6.42 Å². The van der Waals surface area contributed by atoms with E-state index in [-0.39, 0.29) is 11.7 Å². The second kappa shape index (κ2) is 5.40. The Balaban J connectivity index is 2.20. The van der Waals surface area contributed by atoms with Crippen LogP contribution < -0.4 is 15.2 Å². The maximum Gasteiger partial charge on any atom is 0.179 e. The first-order valence-electron chi connectivity index (χ1n) is 6.33. The van der Waals surface area contributed by atoms with Crippen LogP contribution in [0, 0.1) is 5.92 Å². The predicted molar refractivity (Wildman–Crippen MR) is 69.2 cm³/mol. The van der Waals surface area contributed by atoms with Crippen molar-refractivity contribution in [2.75, 3.05) is 13.2 Å². The number of nitrogens with two attached hydrogens (primary N) is 1. The number of carbonyl (C=O) groups is 1. The highest BCUT2D eigenvalue weighted by Gasteiger charge is 2.22. The van der Waals surface area contributed by atoms with Gasteiger partial charge in [0.1, 0.15) is 13.2 Å². The normalized spacial score (nSPS) is 17.1. The molecule has 0 spiro atoms. The smallest absolute Gasteiger partial charge is 0.179 e. The van der Waals surface area contributed by atoms with Crippen molar-refractivity contribution in [3.05, 3.63) is 23.8 Å². The van der Waals surface area contributed by atoms with E-state index < -0.39 is 6.04 Å². The van der Waals surface area contributed by atoms with Crippen LogP contribution >= 0.6 is 0 Å². The standard InChI is InChI=1S/C14H19NO3/c1-3-9(2)13(15)14(16)10-4-5-11-12(8-10)18-7-6-17-11/h4-5,8-9,13H,3,6-7,15H2,1-2H3. The molecule has 2 rings (SSSR count). The Morgan fingerprint density at radius 1 is 1.33 bits per heavy atom. The summed E-state index contributed by atoms with van der Waals surface area (Å²) >= 11 is 0. The van der Waals surface area contributed by atoms with Gasteiger partial charge in [-0.1, -0.05) is 20.3 Å². The van der Waals surface area contributed by atoms with Crippen LogP contribution in [0.25, 0.3) is 0 Å². The van der Waals surface area contributed by atoms with E-state index in [0.29, 0.717) is 30.3 Å². The molecule has 2 N–H and O–H groups in total. The Labute approximate surface area is 107 Å². The Morgan fingerprint density at radius 3 is 2.67 bits per heavy atom. The highest BCUT2D eigenvalue weighted by atomic mass is 16.6. The minimum absolute atomic E-state index is 0.0404. The first-order valence-corrected chi connectivity index (χ1v) is 6.33. The highest BCUT2D eigenvalue weighted by Crippen LogP contribution is 2.31. The number of ketones is 1. The molecule has 18 heavy (non-hydrogen) atoms. The average Bonchev–Trinajstić information content (AvgIpc) is 2.44. The number of Topliss-reactive ketones (excluding diaryl/α,β-unsaturated/α-hetero) is 1. The van der Waals surface area contributed by atoms with Crippen LogP contribution in [0.3, 0.4) is 0 Å². The van der Waals surface area contributed by atoms with Gasteiger partial charge in [0.15, 0.2) is 17.3 Å². The van der Waals surface area contributed by atoms with E-state index >= 15 is 0 Å². The maximum atomic E-state index is 12.2. The topological polar surface area (TPSA) is 61.6 Å². The molecule has 0 saturated heterocycles. The molecule has 4 nitrogen and oxygen atoms in total. The van der Waals surface area contributed by atoms with Crippen molar-refractivity contribution in [3.8, 4) is 11.5 Å². The molecule has 0 radical (unpaired) electrons. The molecule has 0 saturated carbocycles. The van der Waals surface area contributed by atoms with Crippen molar-refractivity contribution in [1.82, 2.24) is 0 Å². The van der Waals surface area contributed by atoms with Gasteiger partial charge in [-0.15, -0.1) is 0 Å². The Bertz CT molecular complexity index is 445. The molecule has 1 aromatic rings. The van der Waals surface area contributed by atoms with Crippen LogP contribution in [-0.4, -0.2) is 25.0 Å². The van der Waals surface area contributed by atoms with E-state index in [4.69, 9.17) is 15.2 Å². The summed E-state index contributed by atoms with van der Waals surface area (Å²) in [4.78, 5) is 12.2. The van der Waals surface area contributed by atoms with Crippen LogP contribution in [0.4, 0.5) is 0 Å². The molecule has 0 bridgehead atoms. The van der Waals surface area contributed by atoms with Crippen LogP contribution in [0.15, 0.2) is 18.2 Å². The second-order valence-corrected chi connectivity index (χ2v) is 4.63. The summed E-state index contributed by atoms with van der Waals surface area (Å²) < 4.78 is 10.9. The summed E-state index contributed by atoms with van der Waals surface area (Å²) in [6.07, 6.45) is 0.886. The summed E-state index contributed by atoms with van der Waals surface area (Å²) in [5, 5.41) is 0. The van der Waals surface area contributed by atoms with Crippen molar-refractivity contribution in [1.29, 1.82) is 0 Å². The zero-order valence-corrected chi connectivity index (χ0v) is 10.8. The average molecular weight is 249 g/mol. The zero-order chi connectivity index (χ0) is 13.1. The third-order valence-electron chi connectivity index (χ3n) is 3.39. The van der Waals surface area contributed by atoms with E-state index in [2.05, 4.69) is 0 Å². The number of fused-ring (bicyclic) bond motifs is 1. The lowest BCUT2D eigenvalue weighted by atomic mass is 9.92. The van der Waals surface area contributed by atoms with Gasteiger partial charge in [-0.3, -0.25) is 4.79 Å². The summed E-state index contributed by atoms with van der Waals surface area (Å²) in [7, 11) is 0. The fourth-order valence-electron chi connectivity index (χ4n) is 1.90. The molecular weight excluding hydrogens is 230 g/mol. The summed E-state index contributed by atoms with van der Waals surface area (Å²) in [5.41, 5.74) is 6.55. The van der Waals surface area contributed by atoms with Crippen LogP contribution in [0.1, 0.15) is 30.6 Å². The zero-order valence-electron chi connectivity index (χ0n) is 10.8. The predicted octanol–water partition coefficient (Wildman–Crippen LogP) is 2.01. The number of benzene rings is 1. The molecule has 1 aromatic carbocycles. The molecule has 1 aliphatic heterocycles. The molecule has 1 heterocycles. The lowest BCUT2D eigenvalue weighted by molar-refractivity contribution is 0.0933. The molecule has 0 amide bonds. The Kier molecular flexibility index (Phi) is 3.87. The third-order valence-corrected chi connectivity index (χ3v) is 3.39. The molecular formula is C14H19NO3. The van der Waals surface area contributed by atoms with Gasteiger partial charge >= 0.3 is 0 Å². The van der Waals surface area contributed by atoms with Gasteiger partial charge in [-0.05, 0) is 24.1 Å². The number of ether oxygens (including phenoxy) is 2. The van der Waals surface area contributed by atoms with Crippen molar-refractivity contribution < 1.29 is 14.3 Å². The van der Waals surface area contributed by atoms with Gasteiger partial charge in [-0.2, -0.15) is 0 Å². The van der Waals surface area contributed by atoms with Gasteiger partial charge in [-0.25, -0.2) is 0 Å². The van der Waals surface area contributed by atoms with E-state index in [1.54, 1.807) is 18.2 Å². The van der Waals surface area contributed by atoms with Crippen molar-refractivity contribution in [3.63, 3.8) is 0 Å². The summed E-state index contributed by atoms with van der Waals surface area (Å²) in [5.74, 6) is 1.45. The SMILES string of the molecule is CCC(C)C(N)C(=O)c1ccc2c(c1)OCCO2. The third kappa shape index (κ3) is 2.48. The largest absolute Gasteiger partial charge is 0.486 e. The summed E-state index contributed by atoms with van der Waals surface area (Å²) in [6, 6.07) is 4.78. The fraction of sp³-hybridized carbons (Fsp3) is 0.500. The highest BCUT2D eigenvalue weighted by molar-refractivity contribution is 6.00. The maximum absolute atomic E-state index is 12.2. The summed E-state index contributed by atoms with van der Waals surface area (Å²) in [6.45, 7) is 5.08. The van der Waals surface area contributed by atoms with Gasteiger partial charge < -0.3 is 15.2 Å². The van der Waals surface area contributed by atoms with Gasteiger partial charge in [0.25, 0.3) is 0 Å². The van der Waals surface area contributed by atoms with Crippen molar-refractivity contribution in [2.24, 2.45) is 11.7 Å². The fourth-order valence-corrected chi connectivity index (χ4v) is 1.90. The van der Waals surface area contributed by atoms with Crippen LogP contribution in [0.2, 0.25) is 0 Å². The number of hydrogen-bond acceptors (Lipinski definition) is 4. The minimum atomic E-state index is -0.461. The molecule has 4 heteroatoms. The van der Waals surface area contributed by atoms with E-state index in [9.17, 15) is 4.79 Å². The molecule has 98 valence electrons.